The molecule has 12 heteroatoms. The van der Waals surface area contributed by atoms with Crippen LogP contribution in [0.3, 0.4) is 0 Å². The first kappa shape index (κ1) is 29.0. The van der Waals surface area contributed by atoms with E-state index in [1.165, 1.54) is 4.68 Å². The molecular weight excluding hydrogens is 491 g/mol. The second-order valence-electron chi connectivity index (χ2n) is 7.76. The van der Waals surface area contributed by atoms with Gasteiger partial charge in [0.05, 0.1) is 12.3 Å². The van der Waals surface area contributed by atoms with Crippen LogP contribution >= 0.6 is 37.2 Å². The Morgan fingerprint density at radius 1 is 1.15 bits per heavy atom. The molecule has 2 aliphatic heterocycles. The maximum Gasteiger partial charge on any atom is 0.435 e. The average Bonchev–Trinajstić information content (AvgIpc) is 3.34. The summed E-state index contributed by atoms with van der Waals surface area (Å²) < 4.78 is 6.28. The van der Waals surface area contributed by atoms with Gasteiger partial charge in [0, 0.05) is 55.6 Å². The van der Waals surface area contributed by atoms with Crippen LogP contribution in [0.25, 0.3) is 0 Å². The van der Waals surface area contributed by atoms with Gasteiger partial charge in [0.2, 0.25) is 0 Å². The molecule has 0 spiro atoms. The minimum absolute atomic E-state index is 0. The SMILES string of the molecule is CCOC(=O)n1nc(NC(=O)c2ccc(N3CCN(C)C(C)C3)cc2)c2c1CNC2.Cl.Cl.Cl. The quantitative estimate of drug-likeness (QED) is 0.638. The third-order valence-electron chi connectivity index (χ3n) is 5.81. The van der Waals surface area contributed by atoms with Crippen LogP contribution in [0.1, 0.15) is 35.5 Å². The highest BCUT2D eigenvalue weighted by molar-refractivity contribution is 6.04. The molecule has 1 saturated heterocycles. The molecule has 9 nitrogen and oxygen atoms in total. The van der Waals surface area contributed by atoms with E-state index in [0.717, 1.165) is 36.6 Å². The second-order valence-corrected chi connectivity index (χ2v) is 7.76. The van der Waals surface area contributed by atoms with E-state index in [-0.39, 0.29) is 49.7 Å². The third kappa shape index (κ3) is 6.10. The van der Waals surface area contributed by atoms with Crippen LogP contribution in [0, 0.1) is 0 Å². The summed E-state index contributed by atoms with van der Waals surface area (Å²) in [4.78, 5) is 29.6. The Balaban J connectivity index is 0.00000181. The van der Waals surface area contributed by atoms with Gasteiger partial charge in [-0.15, -0.1) is 42.3 Å². The van der Waals surface area contributed by atoms with Crippen molar-refractivity contribution in [3.8, 4) is 0 Å². The Labute approximate surface area is 212 Å². The van der Waals surface area contributed by atoms with Gasteiger partial charge in [-0.2, -0.15) is 4.68 Å². The van der Waals surface area contributed by atoms with E-state index in [2.05, 4.69) is 39.5 Å². The zero-order chi connectivity index (χ0) is 21.3. The molecule has 0 saturated carbocycles. The van der Waals surface area contributed by atoms with Gasteiger partial charge in [-0.25, -0.2) is 4.79 Å². The lowest BCUT2D eigenvalue weighted by Crippen LogP contribution is -2.50. The molecule has 0 aliphatic carbocycles. The number of rotatable bonds is 4. The smallest absolute Gasteiger partial charge is 0.435 e. The number of fused-ring (bicyclic) bond motifs is 1. The van der Waals surface area contributed by atoms with Crippen LogP contribution in [0.5, 0.6) is 0 Å². The lowest BCUT2D eigenvalue weighted by atomic mass is 10.1. The van der Waals surface area contributed by atoms with Crippen molar-refractivity contribution >= 4 is 60.7 Å². The van der Waals surface area contributed by atoms with Crippen LogP contribution in [0.2, 0.25) is 0 Å². The first-order chi connectivity index (χ1) is 14.5. The maximum absolute atomic E-state index is 12.8. The standard InChI is InChI=1S/C21H28N6O3.3ClH/c1-4-30-21(29)27-18-12-22-11-17(18)19(24-27)23-20(28)15-5-7-16(8-6-15)26-10-9-25(3)14(2)13-26;;;/h5-8,14,22H,4,9-13H2,1-3H3,(H,23,24,28);3*1H. The summed E-state index contributed by atoms with van der Waals surface area (Å²) in [6.07, 6.45) is -0.538. The van der Waals surface area contributed by atoms with Crippen LogP contribution in [0.4, 0.5) is 16.3 Å². The fraction of sp³-hybridized carbons (Fsp3) is 0.476. The zero-order valence-corrected chi connectivity index (χ0v) is 21.3. The number of hydrogen-bond donors (Lipinski definition) is 2. The van der Waals surface area contributed by atoms with E-state index in [0.29, 0.717) is 30.5 Å². The molecule has 0 radical (unpaired) electrons. The molecule has 1 atom stereocenters. The lowest BCUT2D eigenvalue weighted by molar-refractivity contribution is 0.102. The molecule has 184 valence electrons. The summed E-state index contributed by atoms with van der Waals surface area (Å²) in [5.41, 5.74) is 3.21. The van der Waals surface area contributed by atoms with E-state index in [1.54, 1.807) is 6.92 Å². The predicted molar refractivity (Wildman–Crippen MR) is 136 cm³/mol. The minimum atomic E-state index is -0.538. The Morgan fingerprint density at radius 2 is 1.85 bits per heavy atom. The molecule has 3 heterocycles. The number of nitrogens with one attached hydrogen (secondary N) is 2. The number of piperazine rings is 1. The summed E-state index contributed by atoms with van der Waals surface area (Å²) >= 11 is 0. The summed E-state index contributed by atoms with van der Waals surface area (Å²) in [5, 5.41) is 10.3. The number of halogens is 3. The minimum Gasteiger partial charge on any atom is -0.448 e. The van der Waals surface area contributed by atoms with Gasteiger partial charge < -0.3 is 25.2 Å². The number of ether oxygens (including phenoxy) is 1. The Kier molecular flexibility index (Phi) is 10.9. The molecule has 4 rings (SSSR count). The monoisotopic (exact) mass is 520 g/mol. The number of nitrogens with zero attached hydrogens (tertiary/aromatic N) is 4. The largest absolute Gasteiger partial charge is 0.448 e. The van der Waals surface area contributed by atoms with Crippen molar-refractivity contribution in [2.24, 2.45) is 0 Å². The van der Waals surface area contributed by atoms with E-state index >= 15 is 0 Å². The van der Waals surface area contributed by atoms with Gasteiger partial charge in [0.25, 0.3) is 5.91 Å². The summed E-state index contributed by atoms with van der Waals surface area (Å²) in [6.45, 7) is 8.24. The van der Waals surface area contributed by atoms with Crippen molar-refractivity contribution < 1.29 is 14.3 Å². The molecule has 33 heavy (non-hydrogen) atoms. The van der Waals surface area contributed by atoms with Gasteiger partial charge in [-0.1, -0.05) is 0 Å². The topological polar surface area (TPSA) is 91.7 Å². The van der Waals surface area contributed by atoms with Gasteiger partial charge in [0.1, 0.15) is 0 Å². The highest BCUT2D eigenvalue weighted by Crippen LogP contribution is 2.25. The van der Waals surface area contributed by atoms with Crippen molar-refractivity contribution in [3.63, 3.8) is 0 Å². The van der Waals surface area contributed by atoms with E-state index < -0.39 is 6.09 Å². The number of carbonyl (C=O) groups is 2. The van der Waals surface area contributed by atoms with E-state index in [4.69, 9.17) is 4.74 Å². The number of likely N-dealkylation sites (N-methyl/N-ethyl adjacent to an activating group) is 1. The lowest BCUT2D eigenvalue weighted by Gasteiger charge is -2.39. The van der Waals surface area contributed by atoms with Crippen molar-refractivity contribution in [1.82, 2.24) is 20.0 Å². The molecule has 1 aromatic carbocycles. The van der Waals surface area contributed by atoms with Gasteiger partial charge in [-0.3, -0.25) is 4.79 Å². The van der Waals surface area contributed by atoms with E-state index in [9.17, 15) is 9.59 Å². The number of amides is 1. The summed E-state index contributed by atoms with van der Waals surface area (Å²) in [7, 11) is 2.14. The molecule has 1 aromatic heterocycles. The number of aromatic nitrogens is 2. The first-order valence-corrected chi connectivity index (χ1v) is 10.3. The normalized spacial score (nSPS) is 17.2. The van der Waals surface area contributed by atoms with E-state index in [1.807, 2.05) is 24.3 Å². The number of anilines is 2. The first-order valence-electron chi connectivity index (χ1n) is 10.3. The highest BCUT2D eigenvalue weighted by Gasteiger charge is 2.27. The number of carbonyl (C=O) groups excluding carboxylic acids is 2. The van der Waals surface area contributed by atoms with Crippen LogP contribution in [-0.4, -0.2) is 66.0 Å². The molecule has 1 fully saturated rings. The molecule has 2 aromatic rings. The van der Waals surface area contributed by atoms with Gasteiger partial charge in [-0.05, 0) is 45.2 Å². The Bertz CT molecular complexity index is 953. The van der Waals surface area contributed by atoms with Crippen LogP contribution in [0.15, 0.2) is 24.3 Å². The highest BCUT2D eigenvalue weighted by atomic mass is 35.5. The summed E-state index contributed by atoms with van der Waals surface area (Å²) in [5.74, 6) is 0.140. The number of benzene rings is 1. The van der Waals surface area contributed by atoms with Gasteiger partial charge in [0.15, 0.2) is 5.82 Å². The van der Waals surface area contributed by atoms with Crippen molar-refractivity contribution in [2.75, 3.05) is 43.5 Å². The van der Waals surface area contributed by atoms with Crippen LogP contribution in [-0.2, 0) is 17.8 Å². The summed E-state index contributed by atoms with van der Waals surface area (Å²) in [6, 6.07) is 8.11. The zero-order valence-electron chi connectivity index (χ0n) is 18.9. The molecule has 1 amide bonds. The second kappa shape index (κ2) is 12.4. The Hall–Kier alpha value is -2.04. The fourth-order valence-corrected chi connectivity index (χ4v) is 3.88. The molecule has 2 aliphatic rings. The van der Waals surface area contributed by atoms with Gasteiger partial charge >= 0.3 is 6.09 Å². The van der Waals surface area contributed by atoms with Crippen LogP contribution < -0.4 is 15.5 Å². The predicted octanol–water partition coefficient (Wildman–Crippen LogP) is 3.15. The van der Waals surface area contributed by atoms with Crippen molar-refractivity contribution in [3.05, 3.63) is 41.1 Å². The fourth-order valence-electron chi connectivity index (χ4n) is 3.88. The number of hydrogen-bond acceptors (Lipinski definition) is 7. The molecule has 2 N–H and O–H groups in total. The maximum atomic E-state index is 12.8. The average molecular weight is 522 g/mol. The Morgan fingerprint density at radius 3 is 2.48 bits per heavy atom. The molecule has 0 bridgehead atoms. The molecular formula is C21H31Cl3N6O3. The third-order valence-corrected chi connectivity index (χ3v) is 5.81. The molecule has 1 unspecified atom stereocenters. The van der Waals surface area contributed by atoms with Crippen molar-refractivity contribution in [2.45, 2.75) is 33.0 Å². The van der Waals surface area contributed by atoms with Crippen molar-refractivity contribution in [1.29, 1.82) is 0 Å².